The molecule has 166 valence electrons. The first-order valence-electron chi connectivity index (χ1n) is 9.95. The van der Waals surface area contributed by atoms with Crippen molar-refractivity contribution in [3.63, 3.8) is 0 Å². The van der Waals surface area contributed by atoms with E-state index in [1.807, 2.05) is 0 Å². The van der Waals surface area contributed by atoms with Gasteiger partial charge in [0.15, 0.2) is 0 Å². The number of sulfonamides is 1. The Morgan fingerprint density at radius 3 is 2.45 bits per heavy atom. The summed E-state index contributed by atoms with van der Waals surface area (Å²) in [5, 5.41) is 3.11. The van der Waals surface area contributed by atoms with Crippen LogP contribution in [-0.4, -0.2) is 63.0 Å². The third-order valence-corrected chi connectivity index (χ3v) is 7.91. The molecule has 2 aliphatic rings. The lowest BCUT2D eigenvalue weighted by Gasteiger charge is -2.27. The zero-order chi connectivity index (χ0) is 22.0. The molecule has 3 heterocycles. The van der Waals surface area contributed by atoms with Gasteiger partial charge in [0, 0.05) is 32.4 Å². The van der Waals surface area contributed by atoms with Gasteiger partial charge in [-0.15, -0.1) is 0 Å². The summed E-state index contributed by atoms with van der Waals surface area (Å²) in [5.74, 6) is -0.451. The molecule has 2 fully saturated rings. The van der Waals surface area contributed by atoms with Gasteiger partial charge in [0.25, 0.3) is 5.91 Å². The summed E-state index contributed by atoms with van der Waals surface area (Å²) in [6.45, 7) is 3.00. The SMILES string of the molecule is O=C(Nc1cc(S(=O)(=O)N2CCOCC2)ccc1N1CCCC1)c1cnc(Cl)c(Cl)c1. The average Bonchev–Trinajstić information content (AvgIpc) is 3.31. The Balaban J connectivity index is 1.68. The molecule has 1 aromatic carbocycles. The van der Waals surface area contributed by atoms with E-state index in [1.54, 1.807) is 12.1 Å². The van der Waals surface area contributed by atoms with Crippen molar-refractivity contribution in [1.29, 1.82) is 0 Å². The summed E-state index contributed by atoms with van der Waals surface area (Å²) < 4.78 is 32.9. The van der Waals surface area contributed by atoms with Crippen LogP contribution in [0, 0.1) is 0 Å². The Hall–Kier alpha value is -1.91. The van der Waals surface area contributed by atoms with E-state index in [2.05, 4.69) is 15.2 Å². The molecule has 0 atom stereocenters. The summed E-state index contributed by atoms with van der Waals surface area (Å²) in [5.41, 5.74) is 1.43. The molecule has 0 radical (unpaired) electrons. The fourth-order valence-electron chi connectivity index (χ4n) is 3.69. The topological polar surface area (TPSA) is 91.8 Å². The van der Waals surface area contributed by atoms with E-state index in [-0.39, 0.29) is 20.6 Å². The molecule has 0 unspecified atom stereocenters. The van der Waals surface area contributed by atoms with Crippen molar-refractivity contribution in [1.82, 2.24) is 9.29 Å². The smallest absolute Gasteiger partial charge is 0.257 e. The second-order valence-electron chi connectivity index (χ2n) is 7.34. The predicted molar refractivity (Wildman–Crippen MR) is 120 cm³/mol. The maximum atomic E-state index is 13.1. The Morgan fingerprint density at radius 1 is 1.06 bits per heavy atom. The highest BCUT2D eigenvalue weighted by atomic mass is 35.5. The Labute approximate surface area is 191 Å². The fourth-order valence-corrected chi connectivity index (χ4v) is 5.39. The van der Waals surface area contributed by atoms with Crippen LogP contribution in [0.25, 0.3) is 0 Å². The normalized spacial score (nSPS) is 17.7. The molecule has 0 bridgehead atoms. The summed E-state index contributed by atoms with van der Waals surface area (Å²) in [7, 11) is -3.70. The van der Waals surface area contributed by atoms with E-state index in [9.17, 15) is 13.2 Å². The Bertz CT molecular complexity index is 1080. The van der Waals surface area contributed by atoms with Crippen LogP contribution >= 0.6 is 23.2 Å². The van der Waals surface area contributed by atoms with E-state index < -0.39 is 15.9 Å². The van der Waals surface area contributed by atoms with E-state index in [4.69, 9.17) is 27.9 Å². The molecule has 0 aliphatic carbocycles. The van der Waals surface area contributed by atoms with Gasteiger partial charge in [-0.2, -0.15) is 4.31 Å². The summed E-state index contributed by atoms with van der Waals surface area (Å²) >= 11 is 11.8. The number of amides is 1. The van der Waals surface area contributed by atoms with Crippen LogP contribution < -0.4 is 10.2 Å². The number of nitrogens with one attached hydrogen (secondary N) is 1. The number of benzene rings is 1. The molecule has 1 amide bonds. The predicted octanol–water partition coefficient (Wildman–Crippen LogP) is 3.26. The van der Waals surface area contributed by atoms with Gasteiger partial charge in [0.05, 0.1) is 40.1 Å². The van der Waals surface area contributed by atoms with Crippen molar-refractivity contribution in [3.8, 4) is 0 Å². The minimum atomic E-state index is -3.70. The lowest BCUT2D eigenvalue weighted by molar-refractivity contribution is 0.0730. The molecule has 0 saturated carbocycles. The van der Waals surface area contributed by atoms with Crippen LogP contribution in [0.3, 0.4) is 0 Å². The largest absolute Gasteiger partial charge is 0.379 e. The highest BCUT2D eigenvalue weighted by Crippen LogP contribution is 2.33. The minimum absolute atomic E-state index is 0.106. The number of carbonyl (C=O) groups excluding carboxylic acids is 1. The molecule has 0 spiro atoms. The van der Waals surface area contributed by atoms with Crippen molar-refractivity contribution in [2.75, 3.05) is 49.6 Å². The monoisotopic (exact) mass is 484 g/mol. The molecule has 2 aromatic rings. The summed E-state index contributed by atoms with van der Waals surface area (Å²) in [4.78, 5) is 19.0. The van der Waals surface area contributed by atoms with Crippen molar-refractivity contribution in [3.05, 3.63) is 46.2 Å². The average molecular weight is 485 g/mol. The number of rotatable bonds is 5. The Kier molecular flexibility index (Phi) is 6.68. The number of aromatic nitrogens is 1. The lowest BCUT2D eigenvalue weighted by Crippen LogP contribution is -2.40. The van der Waals surface area contributed by atoms with E-state index in [0.29, 0.717) is 32.0 Å². The van der Waals surface area contributed by atoms with Crippen molar-refractivity contribution >= 4 is 50.5 Å². The molecule has 4 rings (SSSR count). The van der Waals surface area contributed by atoms with E-state index in [1.165, 1.54) is 22.6 Å². The van der Waals surface area contributed by atoms with Gasteiger partial charge in [0.1, 0.15) is 5.15 Å². The highest BCUT2D eigenvalue weighted by Gasteiger charge is 2.28. The summed E-state index contributed by atoms with van der Waals surface area (Å²) in [6, 6.07) is 6.29. The second kappa shape index (κ2) is 9.30. The fraction of sp³-hybridized carbons (Fsp3) is 0.400. The molecule has 2 aliphatic heterocycles. The van der Waals surface area contributed by atoms with Gasteiger partial charge >= 0.3 is 0 Å². The van der Waals surface area contributed by atoms with Gasteiger partial charge in [-0.3, -0.25) is 4.79 Å². The number of pyridine rings is 1. The molecular formula is C20H22Cl2N4O4S. The van der Waals surface area contributed by atoms with Crippen LogP contribution in [0.4, 0.5) is 11.4 Å². The van der Waals surface area contributed by atoms with Crippen LogP contribution in [0.5, 0.6) is 0 Å². The quantitative estimate of drug-likeness (QED) is 0.654. The maximum absolute atomic E-state index is 13.1. The number of morpholine rings is 1. The Morgan fingerprint density at radius 2 is 1.77 bits per heavy atom. The standard InChI is InChI=1S/C20H22Cl2N4O4S/c21-16-11-14(13-23-19(16)22)20(27)24-17-12-15(3-4-18(17)25-5-1-2-6-25)31(28,29)26-7-9-30-10-8-26/h3-4,11-13H,1-2,5-10H2,(H,24,27). The first kappa shape index (κ1) is 22.3. The minimum Gasteiger partial charge on any atom is -0.379 e. The molecule has 1 aromatic heterocycles. The summed E-state index contributed by atoms with van der Waals surface area (Å²) in [6.07, 6.45) is 3.41. The van der Waals surface area contributed by atoms with E-state index >= 15 is 0 Å². The van der Waals surface area contributed by atoms with Crippen LogP contribution in [0.2, 0.25) is 10.2 Å². The number of halogens is 2. The number of nitrogens with zero attached hydrogens (tertiary/aromatic N) is 3. The van der Waals surface area contributed by atoms with Gasteiger partial charge in [-0.25, -0.2) is 13.4 Å². The molecular weight excluding hydrogens is 463 g/mol. The van der Waals surface area contributed by atoms with Gasteiger partial charge in [0.2, 0.25) is 10.0 Å². The number of hydrogen-bond donors (Lipinski definition) is 1. The molecule has 11 heteroatoms. The van der Waals surface area contributed by atoms with Crippen molar-refractivity contribution in [2.24, 2.45) is 0 Å². The number of hydrogen-bond acceptors (Lipinski definition) is 6. The maximum Gasteiger partial charge on any atom is 0.257 e. The zero-order valence-corrected chi connectivity index (χ0v) is 19.0. The van der Waals surface area contributed by atoms with Gasteiger partial charge in [-0.1, -0.05) is 23.2 Å². The van der Waals surface area contributed by atoms with Crippen molar-refractivity contribution in [2.45, 2.75) is 17.7 Å². The molecule has 1 N–H and O–H groups in total. The lowest BCUT2D eigenvalue weighted by atomic mass is 10.2. The van der Waals surface area contributed by atoms with Crippen LogP contribution in [0.15, 0.2) is 35.4 Å². The third kappa shape index (κ3) is 4.80. The number of carbonyl (C=O) groups is 1. The third-order valence-electron chi connectivity index (χ3n) is 5.33. The van der Waals surface area contributed by atoms with Crippen molar-refractivity contribution < 1.29 is 17.9 Å². The molecule has 8 nitrogen and oxygen atoms in total. The van der Waals surface area contributed by atoms with Gasteiger partial charge < -0.3 is 15.0 Å². The van der Waals surface area contributed by atoms with Crippen LogP contribution in [-0.2, 0) is 14.8 Å². The zero-order valence-electron chi connectivity index (χ0n) is 16.7. The van der Waals surface area contributed by atoms with Crippen LogP contribution in [0.1, 0.15) is 23.2 Å². The highest BCUT2D eigenvalue weighted by molar-refractivity contribution is 7.89. The number of ether oxygens (including phenoxy) is 1. The first-order chi connectivity index (χ1) is 14.9. The van der Waals surface area contributed by atoms with Gasteiger partial charge in [-0.05, 0) is 37.1 Å². The second-order valence-corrected chi connectivity index (χ2v) is 10.0. The number of anilines is 2. The first-order valence-corrected chi connectivity index (χ1v) is 12.1. The molecule has 31 heavy (non-hydrogen) atoms. The van der Waals surface area contributed by atoms with E-state index in [0.717, 1.165) is 31.6 Å². The molecule has 2 saturated heterocycles.